The van der Waals surface area contributed by atoms with Crippen molar-refractivity contribution in [3.05, 3.63) is 83.4 Å². The summed E-state index contributed by atoms with van der Waals surface area (Å²) >= 11 is 0. The number of nitrogens with two attached hydrogens (primary N) is 1. The molecule has 0 aliphatic carbocycles. The summed E-state index contributed by atoms with van der Waals surface area (Å²) in [6.45, 7) is 3.16. The van der Waals surface area contributed by atoms with Crippen LogP contribution in [-0.4, -0.2) is 34.6 Å². The molecule has 8 nitrogen and oxygen atoms in total. The van der Waals surface area contributed by atoms with Gasteiger partial charge in [-0.3, -0.25) is 4.79 Å². The first kappa shape index (κ1) is 25.2. The van der Waals surface area contributed by atoms with E-state index in [0.29, 0.717) is 30.3 Å². The number of methoxy groups -OCH3 is 1. The largest absolute Gasteiger partial charge is 0.493 e. The molecule has 4 N–H and O–H groups in total. The molecule has 0 fully saturated rings. The molecule has 0 saturated heterocycles. The van der Waals surface area contributed by atoms with E-state index in [1.54, 1.807) is 25.3 Å². The molecular weight excluding hydrogens is 454 g/mol. The summed E-state index contributed by atoms with van der Waals surface area (Å²) in [7, 11) is -2.12. The predicted octanol–water partition coefficient (Wildman–Crippen LogP) is 3.00. The highest BCUT2D eigenvalue weighted by Gasteiger charge is 2.10. The van der Waals surface area contributed by atoms with Crippen molar-refractivity contribution in [2.24, 2.45) is 5.14 Å². The van der Waals surface area contributed by atoms with Crippen LogP contribution in [0.25, 0.3) is 0 Å². The number of aryl methyl sites for hydroxylation is 1. The lowest BCUT2D eigenvalue weighted by Crippen LogP contribution is -2.20. The van der Waals surface area contributed by atoms with Crippen LogP contribution < -0.4 is 25.2 Å². The lowest BCUT2D eigenvalue weighted by molar-refractivity contribution is -0.118. The Morgan fingerprint density at radius 3 is 2.26 bits per heavy atom. The maximum atomic E-state index is 12.2. The fourth-order valence-electron chi connectivity index (χ4n) is 3.23. The van der Waals surface area contributed by atoms with Crippen molar-refractivity contribution >= 4 is 21.6 Å². The molecule has 1 amide bonds. The normalized spacial score (nSPS) is 11.1. The number of benzene rings is 3. The molecule has 0 atom stereocenters. The predicted molar refractivity (Wildman–Crippen MR) is 132 cm³/mol. The number of primary sulfonamides is 1. The average molecular weight is 484 g/mol. The quantitative estimate of drug-likeness (QED) is 0.361. The van der Waals surface area contributed by atoms with Crippen LogP contribution in [0.4, 0.5) is 5.69 Å². The number of anilines is 1. The summed E-state index contributed by atoms with van der Waals surface area (Å²) < 4.78 is 33.7. The highest BCUT2D eigenvalue weighted by molar-refractivity contribution is 7.89. The number of carbonyl (C=O) groups excluding carboxylic acids is 1. The van der Waals surface area contributed by atoms with Crippen molar-refractivity contribution in [1.29, 1.82) is 0 Å². The Labute approximate surface area is 200 Å². The summed E-state index contributed by atoms with van der Waals surface area (Å²) in [5.74, 6) is 0.773. The van der Waals surface area contributed by atoms with Gasteiger partial charge in [-0.2, -0.15) is 0 Å². The van der Waals surface area contributed by atoms with Gasteiger partial charge >= 0.3 is 0 Å². The number of rotatable bonds is 11. The minimum Gasteiger partial charge on any atom is -0.493 e. The fraction of sp³-hybridized carbons (Fsp3) is 0.240. The molecule has 0 aliphatic rings. The second-order valence-corrected chi connectivity index (χ2v) is 9.37. The van der Waals surface area contributed by atoms with Gasteiger partial charge in [0.25, 0.3) is 5.91 Å². The van der Waals surface area contributed by atoms with Crippen LogP contribution in [0.15, 0.2) is 71.6 Å². The molecule has 0 unspecified atom stereocenters. The maximum absolute atomic E-state index is 12.2. The Kier molecular flexibility index (Phi) is 8.64. The van der Waals surface area contributed by atoms with Crippen LogP contribution in [0.1, 0.15) is 16.7 Å². The fourth-order valence-corrected chi connectivity index (χ4v) is 3.75. The zero-order valence-electron chi connectivity index (χ0n) is 19.2. The van der Waals surface area contributed by atoms with Gasteiger partial charge in [-0.05, 0) is 67.4 Å². The van der Waals surface area contributed by atoms with E-state index in [1.807, 2.05) is 43.3 Å². The van der Waals surface area contributed by atoms with Crippen LogP contribution in [0.5, 0.6) is 11.5 Å². The molecule has 3 aromatic rings. The molecular formula is C25H29N3O5S. The summed E-state index contributed by atoms with van der Waals surface area (Å²) in [4.78, 5) is 12.3. The van der Waals surface area contributed by atoms with Gasteiger partial charge in [0.15, 0.2) is 18.1 Å². The van der Waals surface area contributed by atoms with E-state index in [2.05, 4.69) is 10.6 Å². The van der Waals surface area contributed by atoms with E-state index in [0.717, 1.165) is 23.1 Å². The number of hydrogen-bond acceptors (Lipinski definition) is 6. The second kappa shape index (κ2) is 11.6. The van der Waals surface area contributed by atoms with Gasteiger partial charge in [0.2, 0.25) is 10.0 Å². The van der Waals surface area contributed by atoms with Crippen LogP contribution in [0, 0.1) is 6.92 Å². The smallest absolute Gasteiger partial charge is 0.262 e. The first-order chi connectivity index (χ1) is 16.2. The third-order valence-corrected chi connectivity index (χ3v) is 6.02. The van der Waals surface area contributed by atoms with Crippen molar-refractivity contribution < 1.29 is 22.7 Å². The molecule has 0 radical (unpaired) electrons. The Bertz CT molecular complexity index is 1210. The highest BCUT2D eigenvalue weighted by atomic mass is 32.2. The van der Waals surface area contributed by atoms with E-state index < -0.39 is 10.0 Å². The monoisotopic (exact) mass is 483 g/mol. The third kappa shape index (κ3) is 7.58. The molecule has 3 aromatic carbocycles. The molecule has 34 heavy (non-hydrogen) atoms. The van der Waals surface area contributed by atoms with Gasteiger partial charge < -0.3 is 20.1 Å². The number of ether oxygens (including phenoxy) is 2. The SMILES string of the molecule is COc1cc(CNCCc2ccc(S(N)(=O)=O)cc2)ccc1OCC(=O)Nc1ccc(C)cc1. The zero-order valence-corrected chi connectivity index (χ0v) is 20.0. The van der Waals surface area contributed by atoms with E-state index in [1.165, 1.54) is 12.1 Å². The molecule has 0 heterocycles. The van der Waals surface area contributed by atoms with Crippen LogP contribution in [0.3, 0.4) is 0 Å². The molecule has 0 bridgehead atoms. The number of nitrogens with one attached hydrogen (secondary N) is 2. The van der Waals surface area contributed by atoms with Gasteiger partial charge in [0, 0.05) is 12.2 Å². The first-order valence-electron chi connectivity index (χ1n) is 10.7. The molecule has 0 aliphatic heterocycles. The number of hydrogen-bond donors (Lipinski definition) is 3. The Morgan fingerprint density at radius 1 is 0.941 bits per heavy atom. The van der Waals surface area contributed by atoms with Gasteiger partial charge in [-0.25, -0.2) is 13.6 Å². The molecule has 0 saturated carbocycles. The van der Waals surface area contributed by atoms with Gasteiger partial charge in [0.05, 0.1) is 12.0 Å². The zero-order chi connectivity index (χ0) is 24.6. The number of amides is 1. The van der Waals surface area contributed by atoms with Crippen molar-refractivity contribution in [1.82, 2.24) is 5.32 Å². The minimum absolute atomic E-state index is 0.103. The van der Waals surface area contributed by atoms with E-state index in [-0.39, 0.29) is 17.4 Å². The van der Waals surface area contributed by atoms with Gasteiger partial charge in [0.1, 0.15) is 0 Å². The molecule has 9 heteroatoms. The minimum atomic E-state index is -3.68. The maximum Gasteiger partial charge on any atom is 0.262 e. The van der Waals surface area contributed by atoms with E-state index in [9.17, 15) is 13.2 Å². The Balaban J connectivity index is 1.46. The average Bonchev–Trinajstić information content (AvgIpc) is 2.82. The Hall–Kier alpha value is -3.40. The standard InChI is InChI=1S/C25H29N3O5S/c1-18-3-8-21(9-4-18)28-25(29)17-33-23-12-7-20(15-24(23)32-2)16-27-14-13-19-5-10-22(11-6-19)34(26,30)31/h3-12,15,27H,13-14,16-17H2,1-2H3,(H,28,29)(H2,26,30,31). The van der Waals surface area contributed by atoms with Crippen LogP contribution >= 0.6 is 0 Å². The lowest BCUT2D eigenvalue weighted by atomic mass is 10.1. The van der Waals surface area contributed by atoms with Crippen LogP contribution in [-0.2, 0) is 27.8 Å². The Morgan fingerprint density at radius 2 is 1.62 bits per heavy atom. The topological polar surface area (TPSA) is 120 Å². The molecule has 0 spiro atoms. The van der Waals surface area contributed by atoms with Crippen molar-refractivity contribution in [3.8, 4) is 11.5 Å². The first-order valence-corrected chi connectivity index (χ1v) is 12.3. The van der Waals surface area contributed by atoms with Crippen molar-refractivity contribution in [2.45, 2.75) is 24.8 Å². The summed E-state index contributed by atoms with van der Waals surface area (Å²) in [5, 5.41) is 11.3. The van der Waals surface area contributed by atoms with Crippen molar-refractivity contribution in [2.75, 3.05) is 25.6 Å². The molecule has 180 valence electrons. The van der Waals surface area contributed by atoms with Gasteiger partial charge in [-0.1, -0.05) is 35.9 Å². The van der Waals surface area contributed by atoms with Gasteiger partial charge in [-0.15, -0.1) is 0 Å². The lowest BCUT2D eigenvalue weighted by Gasteiger charge is -2.13. The van der Waals surface area contributed by atoms with Crippen molar-refractivity contribution in [3.63, 3.8) is 0 Å². The number of sulfonamides is 1. The molecule has 0 aromatic heterocycles. The second-order valence-electron chi connectivity index (χ2n) is 7.80. The van der Waals surface area contributed by atoms with E-state index >= 15 is 0 Å². The molecule has 3 rings (SSSR count). The van der Waals surface area contributed by atoms with E-state index in [4.69, 9.17) is 14.6 Å². The summed E-state index contributed by atoms with van der Waals surface area (Å²) in [6, 6.07) is 19.6. The summed E-state index contributed by atoms with van der Waals surface area (Å²) in [5.41, 5.74) is 3.84. The van der Waals surface area contributed by atoms with Crippen LogP contribution in [0.2, 0.25) is 0 Å². The summed E-state index contributed by atoms with van der Waals surface area (Å²) in [6.07, 6.45) is 0.735. The highest BCUT2D eigenvalue weighted by Crippen LogP contribution is 2.28. The third-order valence-electron chi connectivity index (χ3n) is 5.09. The number of carbonyl (C=O) groups is 1.